The van der Waals surface area contributed by atoms with Gasteiger partial charge in [0.15, 0.2) is 0 Å². The summed E-state index contributed by atoms with van der Waals surface area (Å²) in [6.45, 7) is 4.04. The first-order valence-corrected chi connectivity index (χ1v) is 20.5. The fraction of sp³-hybridized carbons (Fsp3) is 0.0492. The average molecular weight is 822 g/mol. The van der Waals surface area contributed by atoms with Gasteiger partial charge in [-0.2, -0.15) is 0 Å². The summed E-state index contributed by atoms with van der Waals surface area (Å²) in [6.07, 6.45) is 0. The third-order valence-electron chi connectivity index (χ3n) is 12.1. The molecule has 0 bridgehead atoms. The van der Waals surface area contributed by atoms with Crippen molar-refractivity contribution in [1.82, 2.24) is 4.57 Å². The molecule has 11 aromatic rings. The summed E-state index contributed by atoms with van der Waals surface area (Å²) in [4.78, 5) is 1.17. The van der Waals surface area contributed by atoms with Gasteiger partial charge in [0.2, 0.25) is 0 Å². The molecule has 0 amide bonds. The van der Waals surface area contributed by atoms with E-state index in [0.29, 0.717) is 5.56 Å². The lowest BCUT2D eigenvalue weighted by molar-refractivity contribution is 0.660. The third kappa shape index (κ3) is 6.09. The molecule has 1 aromatic heterocycles. The van der Waals surface area contributed by atoms with Crippen LogP contribution >= 0.6 is 0 Å². The molecule has 0 radical (unpaired) electrons. The second kappa shape index (κ2) is 14.6. The minimum absolute atomic E-state index is 0.0352. The number of fused-ring (bicyclic) bond motifs is 7. The average Bonchev–Trinajstić information content (AvgIpc) is 2.96. The maximum atomic E-state index is 9.88. The fourth-order valence-corrected chi connectivity index (χ4v) is 9.09. The number of hydrogen-bond acceptors (Lipinski definition) is 1. The zero-order valence-electron chi connectivity index (χ0n) is 51.0. The Kier molecular flexibility index (Phi) is 5.41. The number of anilines is 3. The van der Waals surface area contributed by atoms with Crippen LogP contribution < -0.4 is 4.90 Å². The highest BCUT2D eigenvalue weighted by molar-refractivity contribution is 6.10. The van der Waals surface area contributed by atoms with Crippen molar-refractivity contribution in [1.29, 1.82) is 0 Å². The van der Waals surface area contributed by atoms with Crippen molar-refractivity contribution in [2.45, 2.75) is 19.3 Å². The van der Waals surface area contributed by atoms with Gasteiger partial charge in [0.25, 0.3) is 0 Å². The topological polar surface area (TPSA) is 8.17 Å². The molecule has 0 atom stereocenters. The molecule has 0 spiro atoms. The second-order valence-corrected chi connectivity index (χ2v) is 16.0. The first kappa shape index (κ1) is 23.3. The van der Waals surface area contributed by atoms with Gasteiger partial charge in [-0.1, -0.05) is 177 Å². The molecule has 10 aromatic carbocycles. The molecule has 0 saturated carbocycles. The molecule has 0 unspecified atom stereocenters. The van der Waals surface area contributed by atoms with Crippen LogP contribution in [-0.4, -0.2) is 4.57 Å². The van der Waals surface area contributed by atoms with Gasteiger partial charge in [-0.25, -0.2) is 0 Å². The standard InChI is InChI=1S/C61H44N2/c1-61(2)57-22-12-10-20-53(57)54-36-35-50(40-58(54)61)62(48-32-27-44(28-33-48)52-19-9-8-18-51(52)43-15-4-3-5-16-43)47-30-24-42(25-31-47)46-29-37-60-56(39-46)55-21-11-13-23-59(55)63(60)49-34-26-41-14-6-7-17-45(41)38-49/h3-40H,1-2H3/i3D,4D,5D,8D,9D,15D,16D,18D,19D,24D,25D,27D,28D,30D,31D,32D,33D. The molecule has 0 aliphatic heterocycles. The normalized spacial score (nSPS) is 16.5. The number of rotatable bonds is 7. The SMILES string of the molecule is [2H]c1c([2H])c([2H])c(-c2c([2H])c([2H])c([2H])c([2H])c2-c2c([2H])c([2H])c(N(c3ccc4c(c3)C(C)(C)c3ccccc3-4)c3c([2H])c([2H])c(-c4ccc5c(c4)c4ccccc4n5-c4ccc5ccccc5c4)c([2H])c3[2H])c([2H])c2[2H])c([2H])c1[2H]. The summed E-state index contributed by atoms with van der Waals surface area (Å²) in [5.74, 6) is 0. The highest BCUT2D eigenvalue weighted by Crippen LogP contribution is 2.51. The Bertz CT molecular complexity index is 4480. The smallest absolute Gasteiger partial charge is 0.0645 e. The van der Waals surface area contributed by atoms with Crippen molar-refractivity contribution < 1.29 is 23.3 Å². The maximum absolute atomic E-state index is 9.88. The van der Waals surface area contributed by atoms with Crippen LogP contribution in [0.25, 0.3) is 82.8 Å². The molecule has 63 heavy (non-hydrogen) atoms. The molecule has 1 aliphatic rings. The molecule has 12 rings (SSSR count). The van der Waals surface area contributed by atoms with Gasteiger partial charge in [-0.05, 0) is 133 Å². The molecule has 1 aliphatic carbocycles. The third-order valence-corrected chi connectivity index (χ3v) is 12.1. The first-order chi connectivity index (χ1) is 38.1. The van der Waals surface area contributed by atoms with E-state index in [2.05, 4.69) is 16.7 Å². The molecule has 2 nitrogen and oxygen atoms in total. The zero-order chi connectivity index (χ0) is 56.9. The quantitative estimate of drug-likeness (QED) is 0.155. The Morgan fingerprint density at radius 3 is 1.79 bits per heavy atom. The van der Waals surface area contributed by atoms with Crippen LogP contribution in [0, 0.1) is 0 Å². The van der Waals surface area contributed by atoms with Gasteiger partial charge < -0.3 is 9.47 Å². The number of benzene rings is 10. The predicted molar refractivity (Wildman–Crippen MR) is 267 cm³/mol. The predicted octanol–water partition coefficient (Wildman–Crippen LogP) is 16.7. The van der Waals surface area contributed by atoms with Gasteiger partial charge in [-0.3, -0.25) is 0 Å². The van der Waals surface area contributed by atoms with Crippen LogP contribution in [0.4, 0.5) is 17.1 Å². The van der Waals surface area contributed by atoms with Crippen LogP contribution in [0.2, 0.25) is 0 Å². The monoisotopic (exact) mass is 821 g/mol. The number of nitrogens with zero attached hydrogens (tertiary/aromatic N) is 2. The van der Waals surface area contributed by atoms with Crippen LogP contribution in [0.1, 0.15) is 48.3 Å². The van der Waals surface area contributed by atoms with Crippen molar-refractivity contribution in [3.63, 3.8) is 0 Å². The lowest BCUT2D eigenvalue weighted by Crippen LogP contribution is -2.16. The fourth-order valence-electron chi connectivity index (χ4n) is 9.09. The Balaban J connectivity index is 1.10. The Morgan fingerprint density at radius 2 is 1.02 bits per heavy atom. The van der Waals surface area contributed by atoms with E-state index in [4.69, 9.17) is 12.3 Å². The number of aromatic nitrogens is 1. The van der Waals surface area contributed by atoms with Crippen LogP contribution in [-0.2, 0) is 5.41 Å². The van der Waals surface area contributed by atoms with Crippen molar-refractivity contribution in [3.8, 4) is 50.2 Å². The van der Waals surface area contributed by atoms with E-state index >= 15 is 0 Å². The Labute approximate surface area is 392 Å². The van der Waals surface area contributed by atoms with E-state index < -0.39 is 142 Å². The number of para-hydroxylation sites is 1. The molecular formula is C61H44N2. The summed E-state index contributed by atoms with van der Waals surface area (Å²) < 4.78 is 159. The zero-order valence-corrected chi connectivity index (χ0v) is 34.0. The molecule has 298 valence electrons. The summed E-state index contributed by atoms with van der Waals surface area (Å²) in [7, 11) is 0. The van der Waals surface area contributed by atoms with Crippen molar-refractivity contribution >= 4 is 49.6 Å². The molecule has 2 heteroatoms. The first-order valence-electron chi connectivity index (χ1n) is 29.0. The van der Waals surface area contributed by atoms with Crippen LogP contribution in [0.5, 0.6) is 0 Å². The van der Waals surface area contributed by atoms with Gasteiger partial charge >= 0.3 is 0 Å². The minimum Gasteiger partial charge on any atom is -0.310 e. The van der Waals surface area contributed by atoms with Gasteiger partial charge in [0.1, 0.15) is 0 Å². The van der Waals surface area contributed by atoms with Gasteiger partial charge in [0.05, 0.1) is 34.3 Å². The van der Waals surface area contributed by atoms with Crippen molar-refractivity contribution in [2.75, 3.05) is 4.90 Å². The van der Waals surface area contributed by atoms with Crippen molar-refractivity contribution in [3.05, 3.63) is 241 Å². The molecule has 1 heterocycles. The molecular weight excluding hydrogens is 761 g/mol. The van der Waals surface area contributed by atoms with Crippen molar-refractivity contribution in [2.24, 2.45) is 0 Å². The van der Waals surface area contributed by atoms with Gasteiger partial charge in [0, 0.05) is 38.9 Å². The lowest BCUT2D eigenvalue weighted by atomic mass is 9.82. The number of hydrogen-bond donors (Lipinski definition) is 0. The largest absolute Gasteiger partial charge is 0.310 e. The second-order valence-electron chi connectivity index (χ2n) is 16.0. The van der Waals surface area contributed by atoms with Crippen LogP contribution in [0.15, 0.2) is 230 Å². The van der Waals surface area contributed by atoms with E-state index in [9.17, 15) is 11.0 Å². The Hall–Kier alpha value is -7.94. The summed E-state index contributed by atoms with van der Waals surface area (Å²) >= 11 is 0. The lowest BCUT2D eigenvalue weighted by Gasteiger charge is -2.28. The highest BCUT2D eigenvalue weighted by atomic mass is 15.1. The summed E-state index contributed by atoms with van der Waals surface area (Å²) in [6, 6.07) is 27.7. The van der Waals surface area contributed by atoms with E-state index in [1.54, 1.807) is 18.2 Å². The van der Waals surface area contributed by atoms with Crippen LogP contribution in [0.3, 0.4) is 0 Å². The minimum atomic E-state index is -0.874. The van der Waals surface area contributed by atoms with Gasteiger partial charge in [-0.15, -0.1) is 0 Å². The highest BCUT2D eigenvalue weighted by Gasteiger charge is 2.35. The molecule has 0 fully saturated rings. The van der Waals surface area contributed by atoms with E-state index in [0.717, 1.165) is 60.5 Å². The van der Waals surface area contributed by atoms with E-state index in [-0.39, 0.29) is 11.3 Å². The summed E-state index contributed by atoms with van der Waals surface area (Å²) in [5.41, 5.74) is 2.51. The van der Waals surface area contributed by atoms with E-state index in [1.807, 2.05) is 111 Å². The molecule has 0 saturated heterocycles. The van der Waals surface area contributed by atoms with E-state index in [1.165, 1.54) is 4.90 Å². The molecule has 0 N–H and O–H groups in total. The Morgan fingerprint density at radius 1 is 0.397 bits per heavy atom. The maximum Gasteiger partial charge on any atom is 0.0645 e. The summed E-state index contributed by atoms with van der Waals surface area (Å²) in [5, 5.41) is 3.81.